The highest BCUT2D eigenvalue weighted by Crippen LogP contribution is 1.96. The summed E-state index contributed by atoms with van der Waals surface area (Å²) in [4.78, 5) is 11.1. The normalized spacial score (nSPS) is 8.85. The molecule has 4 nitrogen and oxygen atoms in total. The van der Waals surface area contributed by atoms with Gasteiger partial charge in [-0.3, -0.25) is 0 Å². The average Bonchev–Trinajstić information content (AvgIpc) is 2.14. The number of pyridine rings is 1. The van der Waals surface area contributed by atoms with E-state index < -0.39 is 5.97 Å². The second-order valence-corrected chi connectivity index (χ2v) is 2.23. The van der Waals surface area contributed by atoms with E-state index in [0.717, 1.165) is 6.20 Å². The van der Waals surface area contributed by atoms with E-state index in [-0.39, 0.29) is 12.2 Å². The Hall–Kier alpha value is -2.02. The lowest BCUT2D eigenvalue weighted by molar-refractivity contribution is -0.605. The monoisotopic (exact) mass is 177 g/mol. The lowest BCUT2D eigenvalue weighted by atomic mass is 10.3. The van der Waals surface area contributed by atoms with Crippen LogP contribution in [0.15, 0.2) is 24.5 Å². The third-order valence-electron chi connectivity index (χ3n) is 1.30. The summed E-state index contributed by atoms with van der Waals surface area (Å²) in [7, 11) is 0. The zero-order valence-corrected chi connectivity index (χ0v) is 6.77. The molecule has 1 heterocycles. The minimum Gasteiger partial charge on any atom is -0.619 e. The van der Waals surface area contributed by atoms with Gasteiger partial charge in [0.05, 0.1) is 0 Å². The fourth-order valence-electron chi connectivity index (χ4n) is 0.766. The number of nitrogens with zero attached hydrogens (tertiary/aromatic N) is 1. The van der Waals surface area contributed by atoms with Crippen LogP contribution in [0.1, 0.15) is 10.4 Å². The highest BCUT2D eigenvalue weighted by molar-refractivity contribution is 5.88. The molecule has 0 aliphatic heterocycles. The van der Waals surface area contributed by atoms with Gasteiger partial charge in [-0.2, -0.15) is 4.73 Å². The SMILES string of the molecule is C#CCOC(=O)c1ccc[n+]([O-])c1. The molecule has 0 bridgehead atoms. The number of carbonyl (C=O) groups is 1. The zero-order chi connectivity index (χ0) is 9.68. The van der Waals surface area contributed by atoms with Crippen LogP contribution in [0, 0.1) is 17.6 Å². The van der Waals surface area contributed by atoms with Crippen LogP contribution in [0.25, 0.3) is 0 Å². The molecule has 0 radical (unpaired) electrons. The van der Waals surface area contributed by atoms with E-state index >= 15 is 0 Å². The average molecular weight is 177 g/mol. The van der Waals surface area contributed by atoms with Gasteiger partial charge in [0, 0.05) is 6.07 Å². The Kier molecular flexibility index (Phi) is 2.87. The van der Waals surface area contributed by atoms with Crippen LogP contribution in [0.5, 0.6) is 0 Å². The molecule has 0 unspecified atom stereocenters. The van der Waals surface area contributed by atoms with Crippen LogP contribution >= 0.6 is 0 Å². The molecule has 0 fully saturated rings. The lowest BCUT2D eigenvalue weighted by Crippen LogP contribution is -2.26. The summed E-state index contributed by atoms with van der Waals surface area (Å²) in [6.07, 6.45) is 7.29. The Morgan fingerprint density at radius 2 is 2.54 bits per heavy atom. The molecule has 1 aromatic rings. The predicted octanol–water partition coefficient (Wildman–Crippen LogP) is 0.110. The van der Waals surface area contributed by atoms with Gasteiger partial charge in [0.2, 0.25) is 0 Å². The van der Waals surface area contributed by atoms with E-state index in [0.29, 0.717) is 4.73 Å². The Morgan fingerprint density at radius 3 is 3.15 bits per heavy atom. The molecule has 1 rings (SSSR count). The first kappa shape index (κ1) is 9.07. The molecule has 0 spiro atoms. The first-order chi connectivity index (χ1) is 6.24. The van der Waals surface area contributed by atoms with Crippen molar-refractivity contribution in [1.29, 1.82) is 0 Å². The van der Waals surface area contributed by atoms with E-state index in [1.165, 1.54) is 18.3 Å². The minimum atomic E-state index is -0.594. The molecule has 4 heteroatoms. The van der Waals surface area contributed by atoms with E-state index in [1.54, 1.807) is 0 Å². The van der Waals surface area contributed by atoms with Crippen LogP contribution in [0.2, 0.25) is 0 Å². The number of esters is 1. The fourth-order valence-corrected chi connectivity index (χ4v) is 0.766. The molecule has 66 valence electrons. The van der Waals surface area contributed by atoms with Gasteiger partial charge in [-0.1, -0.05) is 5.92 Å². The summed E-state index contributed by atoms with van der Waals surface area (Å²) in [5.74, 6) is 1.56. The van der Waals surface area contributed by atoms with Crippen molar-refractivity contribution in [3.05, 3.63) is 35.3 Å². The molecule has 0 aliphatic carbocycles. The molecule has 13 heavy (non-hydrogen) atoms. The Labute approximate surface area is 75.3 Å². The van der Waals surface area contributed by atoms with Gasteiger partial charge < -0.3 is 9.94 Å². The van der Waals surface area contributed by atoms with Gasteiger partial charge in [0.15, 0.2) is 19.0 Å². The molecule has 1 aromatic heterocycles. The van der Waals surface area contributed by atoms with Crippen LogP contribution in [-0.4, -0.2) is 12.6 Å². The molecule has 0 amide bonds. The van der Waals surface area contributed by atoms with Gasteiger partial charge in [0.25, 0.3) is 0 Å². The van der Waals surface area contributed by atoms with E-state index in [2.05, 4.69) is 10.7 Å². The maximum Gasteiger partial charge on any atom is 0.345 e. The van der Waals surface area contributed by atoms with Crippen LogP contribution in [0.3, 0.4) is 0 Å². The number of ether oxygens (including phenoxy) is 1. The second kappa shape index (κ2) is 4.12. The summed E-state index contributed by atoms with van der Waals surface area (Å²) in [6.45, 7) is -0.0907. The topological polar surface area (TPSA) is 53.2 Å². The molecule has 0 aromatic carbocycles. The first-order valence-corrected chi connectivity index (χ1v) is 3.53. The van der Waals surface area contributed by atoms with Gasteiger partial charge in [-0.05, 0) is 6.07 Å². The number of terminal acetylenes is 1. The summed E-state index contributed by atoms with van der Waals surface area (Å²) in [5, 5.41) is 10.7. The maximum atomic E-state index is 11.1. The van der Waals surface area contributed by atoms with Gasteiger partial charge >= 0.3 is 5.97 Å². The van der Waals surface area contributed by atoms with Crippen LogP contribution in [-0.2, 0) is 4.74 Å². The Bertz CT molecular complexity index is 354. The first-order valence-electron chi connectivity index (χ1n) is 3.53. The summed E-state index contributed by atoms with van der Waals surface area (Å²) in [5.41, 5.74) is 0.188. The van der Waals surface area contributed by atoms with Gasteiger partial charge in [-0.25, -0.2) is 4.79 Å². The van der Waals surface area contributed by atoms with Gasteiger partial charge in [0.1, 0.15) is 5.56 Å². The second-order valence-electron chi connectivity index (χ2n) is 2.23. The van der Waals surface area contributed by atoms with Crippen molar-refractivity contribution < 1.29 is 14.3 Å². The van der Waals surface area contributed by atoms with E-state index in [4.69, 9.17) is 6.42 Å². The zero-order valence-electron chi connectivity index (χ0n) is 6.77. The largest absolute Gasteiger partial charge is 0.619 e. The maximum absolute atomic E-state index is 11.1. The molecule has 0 saturated carbocycles. The molecular weight excluding hydrogens is 170 g/mol. The fraction of sp³-hybridized carbons (Fsp3) is 0.111. The number of aromatic nitrogens is 1. The van der Waals surface area contributed by atoms with Crippen molar-refractivity contribution in [2.45, 2.75) is 0 Å². The van der Waals surface area contributed by atoms with Crippen molar-refractivity contribution in [1.82, 2.24) is 0 Å². The predicted molar refractivity (Wildman–Crippen MR) is 44.5 cm³/mol. The highest BCUT2D eigenvalue weighted by atomic mass is 16.5. The number of rotatable bonds is 2. The number of carbonyl (C=O) groups excluding carboxylic acids is 1. The quantitative estimate of drug-likeness (QED) is 0.279. The lowest BCUT2D eigenvalue weighted by Gasteiger charge is -2.00. The van der Waals surface area contributed by atoms with Crippen molar-refractivity contribution in [3.63, 3.8) is 0 Å². The van der Waals surface area contributed by atoms with Gasteiger partial charge in [-0.15, -0.1) is 6.42 Å². The van der Waals surface area contributed by atoms with E-state index in [9.17, 15) is 10.0 Å². The minimum absolute atomic E-state index is 0.0907. The number of hydrogen-bond donors (Lipinski definition) is 0. The summed E-state index contributed by atoms with van der Waals surface area (Å²) >= 11 is 0. The van der Waals surface area contributed by atoms with Crippen molar-refractivity contribution >= 4 is 5.97 Å². The highest BCUT2D eigenvalue weighted by Gasteiger charge is 2.08. The molecule has 0 N–H and O–H groups in total. The molecule has 0 aliphatic rings. The molecule has 0 atom stereocenters. The smallest absolute Gasteiger partial charge is 0.345 e. The molecule has 0 saturated heterocycles. The standard InChI is InChI=1S/C9H7NO3/c1-2-6-13-9(11)8-4-3-5-10(12)7-8/h1,3-5,7H,6H2. The number of hydrogen-bond acceptors (Lipinski definition) is 3. The van der Waals surface area contributed by atoms with Crippen molar-refractivity contribution in [3.8, 4) is 12.3 Å². The Balaban J connectivity index is 2.72. The third kappa shape index (κ3) is 2.49. The van der Waals surface area contributed by atoms with Crippen molar-refractivity contribution in [2.75, 3.05) is 6.61 Å². The van der Waals surface area contributed by atoms with Crippen molar-refractivity contribution in [2.24, 2.45) is 0 Å². The van der Waals surface area contributed by atoms with E-state index in [1.807, 2.05) is 0 Å². The summed E-state index contributed by atoms with van der Waals surface area (Å²) in [6, 6.07) is 2.94. The summed E-state index contributed by atoms with van der Waals surface area (Å²) < 4.78 is 5.13. The Morgan fingerprint density at radius 1 is 1.77 bits per heavy atom. The van der Waals surface area contributed by atoms with Crippen LogP contribution < -0.4 is 4.73 Å². The molecular formula is C9H7NO3. The van der Waals surface area contributed by atoms with Crippen LogP contribution in [0.4, 0.5) is 0 Å². The third-order valence-corrected chi connectivity index (χ3v) is 1.30.